The maximum absolute atomic E-state index is 12.7. The number of carbonyl (C=O) groups is 1. The number of benzene rings is 2. The van der Waals surface area contributed by atoms with Crippen molar-refractivity contribution in [1.82, 2.24) is 5.32 Å². The zero-order valence-corrected chi connectivity index (χ0v) is 19.0. The largest absolute Gasteiger partial charge is 0.492 e. The molecule has 2 aromatic rings. The van der Waals surface area contributed by atoms with Gasteiger partial charge in [0.15, 0.2) is 5.11 Å². The number of non-ortho nitro benzene ring substituents is 1. The van der Waals surface area contributed by atoms with Crippen molar-refractivity contribution < 1.29 is 14.5 Å². The van der Waals surface area contributed by atoms with Crippen molar-refractivity contribution in [2.24, 2.45) is 5.92 Å². The van der Waals surface area contributed by atoms with Gasteiger partial charge in [0, 0.05) is 21.1 Å². The Hall–Kier alpha value is -2.04. The van der Waals surface area contributed by atoms with Crippen molar-refractivity contribution >= 4 is 66.5 Å². The number of hydrogen-bond donors (Lipinski definition) is 2. The van der Waals surface area contributed by atoms with E-state index in [9.17, 15) is 14.9 Å². The Kier molecular flexibility index (Phi) is 7.90. The zero-order chi connectivity index (χ0) is 20.8. The first kappa shape index (κ1) is 22.3. The van der Waals surface area contributed by atoms with Crippen molar-refractivity contribution in [1.29, 1.82) is 0 Å². The van der Waals surface area contributed by atoms with E-state index in [1.54, 1.807) is 18.2 Å². The van der Waals surface area contributed by atoms with Gasteiger partial charge in [-0.25, -0.2) is 0 Å². The molecule has 0 fully saturated rings. The lowest BCUT2D eigenvalue weighted by atomic mass is 10.2. The molecule has 0 heterocycles. The molecule has 0 bridgehead atoms. The van der Waals surface area contributed by atoms with Gasteiger partial charge in [-0.3, -0.25) is 20.2 Å². The molecule has 148 valence electrons. The fourth-order valence-corrected chi connectivity index (χ4v) is 3.13. The van der Waals surface area contributed by atoms with E-state index in [4.69, 9.17) is 17.0 Å². The summed E-state index contributed by atoms with van der Waals surface area (Å²) in [6, 6.07) is 9.33. The average Bonchev–Trinajstić information content (AvgIpc) is 2.61. The highest BCUT2D eigenvalue weighted by atomic mass is 79.9. The first-order chi connectivity index (χ1) is 13.2. The Labute approximate surface area is 184 Å². The molecule has 0 radical (unpaired) electrons. The van der Waals surface area contributed by atoms with Gasteiger partial charge in [-0.15, -0.1) is 0 Å². The second kappa shape index (κ2) is 9.94. The Bertz CT molecular complexity index is 922. The molecule has 2 aromatic carbocycles. The highest BCUT2D eigenvalue weighted by Crippen LogP contribution is 2.27. The van der Waals surface area contributed by atoms with Crippen molar-refractivity contribution in [3.8, 4) is 5.75 Å². The molecule has 0 unspecified atom stereocenters. The second-order valence-electron chi connectivity index (χ2n) is 6.17. The maximum Gasteiger partial charge on any atom is 0.270 e. The zero-order valence-electron chi connectivity index (χ0n) is 15.0. The number of rotatable bonds is 6. The SMILES string of the molecule is CC(C)COc1ccc(Br)cc1C(=O)NC(=S)Nc1ccc([N+](=O)[O-])cc1Br. The fourth-order valence-electron chi connectivity index (χ4n) is 2.10. The summed E-state index contributed by atoms with van der Waals surface area (Å²) in [6.07, 6.45) is 0. The van der Waals surface area contributed by atoms with E-state index in [1.807, 2.05) is 13.8 Å². The van der Waals surface area contributed by atoms with E-state index in [1.165, 1.54) is 18.2 Å². The third kappa shape index (κ3) is 6.25. The third-order valence-electron chi connectivity index (χ3n) is 3.40. The van der Waals surface area contributed by atoms with E-state index >= 15 is 0 Å². The number of amides is 1. The van der Waals surface area contributed by atoms with Gasteiger partial charge in [-0.2, -0.15) is 0 Å². The molecular weight excluding hydrogens is 514 g/mol. The first-order valence-electron chi connectivity index (χ1n) is 8.16. The van der Waals surface area contributed by atoms with Crippen LogP contribution in [0.3, 0.4) is 0 Å². The number of hydrogen-bond acceptors (Lipinski definition) is 5. The van der Waals surface area contributed by atoms with Crippen molar-refractivity contribution in [3.05, 3.63) is 61.0 Å². The number of nitrogens with zero attached hydrogens (tertiary/aromatic N) is 1. The van der Waals surface area contributed by atoms with Crippen LogP contribution in [0.25, 0.3) is 0 Å². The molecular formula is C18H17Br2N3O4S. The summed E-state index contributed by atoms with van der Waals surface area (Å²) >= 11 is 11.8. The smallest absolute Gasteiger partial charge is 0.270 e. The van der Waals surface area contributed by atoms with Gasteiger partial charge in [-0.05, 0) is 58.3 Å². The van der Waals surface area contributed by atoms with Crippen LogP contribution in [0, 0.1) is 16.0 Å². The molecule has 0 aliphatic carbocycles. The molecule has 7 nitrogen and oxygen atoms in total. The third-order valence-corrected chi connectivity index (χ3v) is 4.75. The molecule has 2 N–H and O–H groups in total. The number of ether oxygens (including phenoxy) is 1. The highest BCUT2D eigenvalue weighted by Gasteiger charge is 2.16. The first-order valence-corrected chi connectivity index (χ1v) is 10.2. The molecule has 0 aromatic heterocycles. The number of anilines is 1. The van der Waals surface area contributed by atoms with E-state index in [0.29, 0.717) is 34.0 Å². The molecule has 10 heteroatoms. The number of nitro groups is 1. The Morgan fingerprint density at radius 2 is 1.96 bits per heavy atom. The predicted octanol–water partition coefficient (Wildman–Crippen LogP) is 5.28. The minimum absolute atomic E-state index is 0.0503. The van der Waals surface area contributed by atoms with Gasteiger partial charge in [0.1, 0.15) is 5.75 Å². The van der Waals surface area contributed by atoms with Gasteiger partial charge in [0.05, 0.1) is 22.8 Å². The maximum atomic E-state index is 12.7. The molecule has 0 spiro atoms. The molecule has 0 atom stereocenters. The number of nitro benzene ring substituents is 1. The quantitative estimate of drug-likeness (QED) is 0.300. The van der Waals surface area contributed by atoms with Crippen molar-refractivity contribution in [3.63, 3.8) is 0 Å². The van der Waals surface area contributed by atoms with Crippen LogP contribution < -0.4 is 15.4 Å². The van der Waals surface area contributed by atoms with Gasteiger partial charge in [-0.1, -0.05) is 29.8 Å². The highest BCUT2D eigenvalue weighted by molar-refractivity contribution is 9.10. The number of halogens is 2. The summed E-state index contributed by atoms with van der Waals surface area (Å²) < 4.78 is 6.89. The van der Waals surface area contributed by atoms with Crippen LogP contribution >= 0.6 is 44.1 Å². The van der Waals surface area contributed by atoms with Crippen LogP contribution in [-0.2, 0) is 0 Å². The summed E-state index contributed by atoms with van der Waals surface area (Å²) in [5, 5.41) is 16.3. The minimum atomic E-state index is -0.499. The Balaban J connectivity index is 2.11. The molecule has 0 aliphatic rings. The molecule has 0 saturated carbocycles. The fraction of sp³-hybridized carbons (Fsp3) is 0.222. The Morgan fingerprint density at radius 1 is 1.25 bits per heavy atom. The monoisotopic (exact) mass is 529 g/mol. The second-order valence-corrected chi connectivity index (χ2v) is 8.35. The summed E-state index contributed by atoms with van der Waals surface area (Å²) in [5.74, 6) is 0.325. The van der Waals surface area contributed by atoms with Crippen LogP contribution in [0.15, 0.2) is 45.3 Å². The summed E-state index contributed by atoms with van der Waals surface area (Å²) in [6.45, 7) is 4.50. The van der Waals surface area contributed by atoms with Gasteiger partial charge >= 0.3 is 0 Å². The van der Waals surface area contributed by atoms with Crippen LogP contribution in [0.4, 0.5) is 11.4 Å². The molecule has 0 saturated heterocycles. The molecule has 2 rings (SSSR count). The lowest BCUT2D eigenvalue weighted by Crippen LogP contribution is -2.34. The topological polar surface area (TPSA) is 93.5 Å². The number of nitrogens with one attached hydrogen (secondary N) is 2. The number of carbonyl (C=O) groups excluding carboxylic acids is 1. The molecule has 28 heavy (non-hydrogen) atoms. The Morgan fingerprint density at radius 3 is 2.57 bits per heavy atom. The van der Waals surface area contributed by atoms with E-state index in [2.05, 4.69) is 42.5 Å². The summed E-state index contributed by atoms with van der Waals surface area (Å²) in [4.78, 5) is 23.0. The van der Waals surface area contributed by atoms with Crippen LogP contribution in [0.2, 0.25) is 0 Å². The lowest BCUT2D eigenvalue weighted by Gasteiger charge is -2.15. The van der Waals surface area contributed by atoms with E-state index < -0.39 is 10.8 Å². The van der Waals surface area contributed by atoms with Crippen LogP contribution in [0.5, 0.6) is 5.75 Å². The standard InChI is InChI=1S/C18H17Br2N3O4S/c1-10(2)9-27-16-6-3-11(19)7-13(16)17(24)22-18(28)21-15-5-4-12(23(25)26)8-14(15)20/h3-8,10H,9H2,1-2H3,(H2,21,22,24,28). The number of thiocarbonyl (C=S) groups is 1. The van der Waals surface area contributed by atoms with Crippen molar-refractivity contribution in [2.75, 3.05) is 11.9 Å². The molecule has 0 aliphatic heterocycles. The lowest BCUT2D eigenvalue weighted by molar-refractivity contribution is -0.384. The molecule has 1 amide bonds. The van der Waals surface area contributed by atoms with Crippen LogP contribution in [-0.4, -0.2) is 22.5 Å². The average molecular weight is 531 g/mol. The van der Waals surface area contributed by atoms with E-state index in [0.717, 1.165) is 4.47 Å². The normalized spacial score (nSPS) is 10.5. The summed E-state index contributed by atoms with van der Waals surface area (Å²) in [5.41, 5.74) is 0.761. The van der Waals surface area contributed by atoms with Crippen LogP contribution in [0.1, 0.15) is 24.2 Å². The van der Waals surface area contributed by atoms with E-state index in [-0.39, 0.29) is 10.8 Å². The van der Waals surface area contributed by atoms with Gasteiger partial charge in [0.25, 0.3) is 11.6 Å². The van der Waals surface area contributed by atoms with Gasteiger partial charge < -0.3 is 10.1 Å². The van der Waals surface area contributed by atoms with Gasteiger partial charge in [0.2, 0.25) is 0 Å². The minimum Gasteiger partial charge on any atom is -0.492 e. The predicted molar refractivity (Wildman–Crippen MR) is 119 cm³/mol. The summed E-state index contributed by atoms with van der Waals surface area (Å²) in [7, 11) is 0. The van der Waals surface area contributed by atoms with Crippen molar-refractivity contribution in [2.45, 2.75) is 13.8 Å².